The number of nitrogens with zero attached hydrogens (tertiary/aromatic N) is 1. The van der Waals surface area contributed by atoms with Crippen LogP contribution >= 0.6 is 0 Å². The fourth-order valence-electron chi connectivity index (χ4n) is 3.18. The summed E-state index contributed by atoms with van der Waals surface area (Å²) in [4.78, 5) is 12.1. The number of hydrogen-bond donors (Lipinski definition) is 2. The van der Waals surface area contributed by atoms with E-state index < -0.39 is 15.6 Å². The maximum absolute atomic E-state index is 12.1. The number of carbonyl (C=O) groups is 1. The number of piperidine rings is 1. The molecule has 1 amide bonds. The van der Waals surface area contributed by atoms with Crippen LogP contribution in [0, 0.1) is 5.92 Å². The van der Waals surface area contributed by atoms with Crippen molar-refractivity contribution in [2.45, 2.75) is 51.0 Å². The normalized spacial score (nSPS) is 24.1. The van der Waals surface area contributed by atoms with Gasteiger partial charge in [0.15, 0.2) is 0 Å². The van der Waals surface area contributed by atoms with E-state index >= 15 is 0 Å². The van der Waals surface area contributed by atoms with E-state index in [1.165, 1.54) is 4.31 Å². The van der Waals surface area contributed by atoms with E-state index in [9.17, 15) is 18.3 Å². The Bertz CT molecular complexity index is 463. The van der Waals surface area contributed by atoms with Crippen molar-refractivity contribution in [2.75, 3.05) is 25.4 Å². The summed E-state index contributed by atoms with van der Waals surface area (Å²) in [5.41, 5.74) is -0.734. The summed E-state index contributed by atoms with van der Waals surface area (Å²) in [6, 6.07) is 0. The number of carbonyl (C=O) groups excluding carboxylic acids is 1. The minimum absolute atomic E-state index is 0.0520. The van der Waals surface area contributed by atoms with Gasteiger partial charge in [0.05, 0.1) is 11.4 Å². The van der Waals surface area contributed by atoms with E-state index in [4.69, 9.17) is 0 Å². The van der Waals surface area contributed by atoms with Gasteiger partial charge in [-0.3, -0.25) is 4.79 Å². The van der Waals surface area contributed by atoms with Crippen molar-refractivity contribution >= 4 is 15.9 Å². The highest BCUT2D eigenvalue weighted by atomic mass is 32.2. The summed E-state index contributed by atoms with van der Waals surface area (Å²) in [6.45, 7) is 2.78. The van der Waals surface area contributed by atoms with Crippen LogP contribution in [-0.4, -0.2) is 54.7 Å². The second kappa shape index (κ2) is 6.62. The molecule has 0 atom stereocenters. The fourth-order valence-corrected chi connectivity index (χ4v) is 4.32. The summed E-state index contributed by atoms with van der Waals surface area (Å²) in [5, 5.41) is 13.1. The molecule has 2 N–H and O–H groups in total. The lowest BCUT2D eigenvalue weighted by Gasteiger charge is -2.31. The molecule has 122 valence electrons. The smallest absolute Gasteiger partial charge is 0.223 e. The van der Waals surface area contributed by atoms with Crippen LogP contribution in [0.25, 0.3) is 0 Å². The molecular weight excluding hydrogens is 292 g/mol. The quantitative estimate of drug-likeness (QED) is 0.771. The average Bonchev–Trinajstić information content (AvgIpc) is 2.92. The molecule has 2 aliphatic rings. The lowest BCUT2D eigenvalue weighted by Crippen LogP contribution is -2.46. The van der Waals surface area contributed by atoms with Gasteiger partial charge >= 0.3 is 0 Å². The molecule has 1 aliphatic carbocycles. The highest BCUT2D eigenvalue weighted by Gasteiger charge is 2.34. The molecule has 0 aromatic carbocycles. The van der Waals surface area contributed by atoms with Gasteiger partial charge in [-0.1, -0.05) is 12.8 Å². The molecule has 1 aliphatic heterocycles. The lowest BCUT2D eigenvalue weighted by atomic mass is 9.96. The van der Waals surface area contributed by atoms with E-state index in [0.29, 0.717) is 32.5 Å². The molecule has 0 aromatic rings. The number of amides is 1. The van der Waals surface area contributed by atoms with Crippen LogP contribution in [0.5, 0.6) is 0 Å². The molecular formula is C14H26N2O4S. The summed E-state index contributed by atoms with van der Waals surface area (Å²) < 4.78 is 25.0. The summed E-state index contributed by atoms with van der Waals surface area (Å²) in [5.74, 6) is -0.0844. The van der Waals surface area contributed by atoms with E-state index in [0.717, 1.165) is 25.7 Å². The molecule has 0 radical (unpaired) electrons. The zero-order valence-electron chi connectivity index (χ0n) is 12.7. The zero-order chi connectivity index (χ0) is 15.5. The van der Waals surface area contributed by atoms with Crippen molar-refractivity contribution in [3.8, 4) is 0 Å². The van der Waals surface area contributed by atoms with Crippen molar-refractivity contribution in [3.05, 3.63) is 0 Å². The maximum atomic E-state index is 12.1. The standard InChI is InChI=1S/C14H26N2O4S/c1-2-21(19,20)16-9-5-12(6-10-16)13(17)15-11-14(18)7-3-4-8-14/h12,18H,2-11H2,1H3,(H,15,17). The number of nitrogens with one attached hydrogen (secondary N) is 1. The van der Waals surface area contributed by atoms with Gasteiger partial charge in [0.25, 0.3) is 0 Å². The minimum Gasteiger partial charge on any atom is -0.388 e. The van der Waals surface area contributed by atoms with Crippen LogP contribution in [0.1, 0.15) is 45.4 Å². The lowest BCUT2D eigenvalue weighted by molar-refractivity contribution is -0.127. The highest BCUT2D eigenvalue weighted by molar-refractivity contribution is 7.89. The molecule has 2 fully saturated rings. The van der Waals surface area contributed by atoms with Crippen molar-refractivity contribution < 1.29 is 18.3 Å². The Balaban J connectivity index is 1.78. The Morgan fingerprint density at radius 2 is 1.86 bits per heavy atom. The van der Waals surface area contributed by atoms with Gasteiger partial charge in [-0.2, -0.15) is 0 Å². The molecule has 6 nitrogen and oxygen atoms in total. The second-order valence-corrected chi connectivity index (χ2v) is 8.48. The molecule has 0 bridgehead atoms. The Labute approximate surface area is 126 Å². The molecule has 1 saturated heterocycles. The summed E-state index contributed by atoms with van der Waals surface area (Å²) in [7, 11) is -3.14. The Morgan fingerprint density at radius 3 is 2.38 bits per heavy atom. The number of aliphatic hydroxyl groups is 1. The molecule has 21 heavy (non-hydrogen) atoms. The first-order chi connectivity index (χ1) is 9.86. The van der Waals surface area contributed by atoms with Gasteiger partial charge in [0, 0.05) is 25.6 Å². The van der Waals surface area contributed by atoms with Crippen LogP contribution in [0.15, 0.2) is 0 Å². The largest absolute Gasteiger partial charge is 0.388 e. The van der Waals surface area contributed by atoms with E-state index in [1.54, 1.807) is 6.92 Å². The second-order valence-electron chi connectivity index (χ2n) is 6.22. The van der Waals surface area contributed by atoms with Crippen LogP contribution in [0.2, 0.25) is 0 Å². The number of rotatable bonds is 5. The van der Waals surface area contributed by atoms with E-state index in [-0.39, 0.29) is 17.6 Å². The maximum Gasteiger partial charge on any atom is 0.223 e. The molecule has 1 saturated carbocycles. The van der Waals surface area contributed by atoms with Gasteiger partial charge in [-0.15, -0.1) is 0 Å². The van der Waals surface area contributed by atoms with Gasteiger partial charge in [-0.05, 0) is 32.6 Å². The van der Waals surface area contributed by atoms with Gasteiger partial charge in [0.2, 0.25) is 15.9 Å². The molecule has 0 unspecified atom stereocenters. The van der Waals surface area contributed by atoms with Gasteiger partial charge < -0.3 is 10.4 Å². The molecule has 1 heterocycles. The van der Waals surface area contributed by atoms with Crippen LogP contribution < -0.4 is 5.32 Å². The average molecular weight is 318 g/mol. The van der Waals surface area contributed by atoms with Crippen molar-refractivity contribution in [1.82, 2.24) is 9.62 Å². The first-order valence-corrected chi connectivity index (χ1v) is 9.45. The monoisotopic (exact) mass is 318 g/mol. The highest BCUT2D eigenvalue weighted by Crippen LogP contribution is 2.29. The fraction of sp³-hybridized carbons (Fsp3) is 0.929. The Hall–Kier alpha value is -0.660. The van der Waals surface area contributed by atoms with Crippen LogP contribution in [-0.2, 0) is 14.8 Å². The molecule has 2 rings (SSSR count). The van der Waals surface area contributed by atoms with E-state index in [2.05, 4.69) is 5.32 Å². The van der Waals surface area contributed by atoms with E-state index in [1.807, 2.05) is 0 Å². The third-order valence-electron chi connectivity index (χ3n) is 4.71. The first-order valence-electron chi connectivity index (χ1n) is 7.84. The molecule has 7 heteroatoms. The minimum atomic E-state index is -3.14. The summed E-state index contributed by atoms with van der Waals surface area (Å²) >= 11 is 0. The Kier molecular flexibility index (Phi) is 5.27. The van der Waals surface area contributed by atoms with Crippen molar-refractivity contribution in [1.29, 1.82) is 0 Å². The predicted octanol–water partition coefficient (Wildman–Crippen LogP) is 0.469. The number of sulfonamides is 1. The van der Waals surface area contributed by atoms with Crippen molar-refractivity contribution in [2.24, 2.45) is 5.92 Å². The predicted molar refractivity (Wildman–Crippen MR) is 80.2 cm³/mol. The summed E-state index contributed by atoms with van der Waals surface area (Å²) in [6.07, 6.45) is 4.65. The third kappa shape index (κ3) is 4.17. The van der Waals surface area contributed by atoms with Crippen molar-refractivity contribution in [3.63, 3.8) is 0 Å². The first kappa shape index (κ1) is 16.7. The number of hydrogen-bond acceptors (Lipinski definition) is 4. The zero-order valence-corrected chi connectivity index (χ0v) is 13.5. The SMILES string of the molecule is CCS(=O)(=O)N1CCC(C(=O)NCC2(O)CCCC2)CC1. The topological polar surface area (TPSA) is 86.7 Å². The van der Waals surface area contributed by atoms with Gasteiger partial charge in [-0.25, -0.2) is 12.7 Å². The van der Waals surface area contributed by atoms with Crippen LogP contribution in [0.3, 0.4) is 0 Å². The molecule has 0 spiro atoms. The van der Waals surface area contributed by atoms with Gasteiger partial charge in [0.1, 0.15) is 0 Å². The van der Waals surface area contributed by atoms with Crippen LogP contribution in [0.4, 0.5) is 0 Å². The third-order valence-corrected chi connectivity index (χ3v) is 6.59. The molecule has 0 aromatic heterocycles. The Morgan fingerprint density at radius 1 is 1.29 bits per heavy atom.